The van der Waals surface area contributed by atoms with Crippen LogP contribution in [0.4, 0.5) is 13.6 Å². The van der Waals surface area contributed by atoms with Crippen LogP contribution in [-0.4, -0.2) is 17.6 Å². The van der Waals surface area contributed by atoms with E-state index in [4.69, 9.17) is 0 Å². The van der Waals surface area contributed by atoms with Crippen LogP contribution in [-0.2, 0) is 13.0 Å². The van der Waals surface area contributed by atoms with Crippen molar-refractivity contribution in [3.05, 3.63) is 59.4 Å². The average molecular weight is 347 g/mol. The summed E-state index contributed by atoms with van der Waals surface area (Å²) in [5, 5.41) is 5.72. The van der Waals surface area contributed by atoms with Gasteiger partial charge in [-0.2, -0.15) is 8.78 Å². The Bertz CT molecular complexity index is 726. The highest BCUT2D eigenvalue weighted by Gasteiger charge is 2.22. The molecule has 2 N–H and O–H groups in total. The van der Waals surface area contributed by atoms with Crippen LogP contribution in [0, 0.1) is 0 Å². The molecule has 3 rings (SSSR count). The van der Waals surface area contributed by atoms with Crippen molar-refractivity contribution in [1.29, 1.82) is 0 Å². The molecule has 1 aliphatic carbocycles. The largest absolute Gasteiger partial charge is 0.435 e. The Morgan fingerprint density at radius 3 is 2.96 bits per heavy atom. The number of carbonyl (C=O) groups is 1. The highest BCUT2D eigenvalue weighted by molar-refractivity contribution is 5.74. The zero-order chi connectivity index (χ0) is 17.6. The van der Waals surface area contributed by atoms with Crippen LogP contribution < -0.4 is 15.4 Å². The number of fused-ring (bicyclic) bond motifs is 1. The van der Waals surface area contributed by atoms with Crippen LogP contribution in [0.2, 0.25) is 0 Å². The second-order valence-corrected chi connectivity index (χ2v) is 5.83. The van der Waals surface area contributed by atoms with Crippen molar-refractivity contribution in [2.24, 2.45) is 0 Å². The van der Waals surface area contributed by atoms with E-state index in [1.807, 2.05) is 18.2 Å². The first-order valence-electron chi connectivity index (χ1n) is 8.14. The molecule has 0 aliphatic heterocycles. The van der Waals surface area contributed by atoms with Gasteiger partial charge in [0, 0.05) is 6.20 Å². The van der Waals surface area contributed by atoms with Gasteiger partial charge in [0.15, 0.2) is 0 Å². The molecular weight excluding hydrogens is 328 g/mol. The number of aryl methyl sites for hydroxylation is 1. The van der Waals surface area contributed by atoms with Crippen LogP contribution in [0.1, 0.15) is 35.7 Å². The first-order chi connectivity index (χ1) is 12.1. The Morgan fingerprint density at radius 2 is 2.20 bits per heavy atom. The topological polar surface area (TPSA) is 63.2 Å². The predicted octanol–water partition coefficient (Wildman–Crippen LogP) is 3.56. The highest BCUT2D eigenvalue weighted by Crippen LogP contribution is 2.32. The monoisotopic (exact) mass is 347 g/mol. The number of hydrogen-bond acceptors (Lipinski definition) is 3. The molecule has 0 unspecified atom stereocenters. The van der Waals surface area contributed by atoms with E-state index in [9.17, 15) is 13.6 Å². The quantitative estimate of drug-likeness (QED) is 0.869. The summed E-state index contributed by atoms with van der Waals surface area (Å²) < 4.78 is 29.1. The molecule has 1 aliphatic rings. The Morgan fingerprint density at radius 1 is 1.32 bits per heavy atom. The standard InChI is InChI=1S/C18H19F2N3O2/c19-17(20)25-14-7-8-15-12(10-14)4-3-6-16(15)23-18(24)22-11-13-5-1-2-9-21-13/h1-2,5,7-10,16-17H,3-4,6,11H2,(H2,22,23,24)/t16-/m1/s1. The molecule has 0 spiro atoms. The molecule has 2 amide bonds. The van der Waals surface area contributed by atoms with Crippen LogP contribution in [0.5, 0.6) is 5.75 Å². The van der Waals surface area contributed by atoms with Gasteiger partial charge in [-0.25, -0.2) is 4.79 Å². The number of hydrogen-bond donors (Lipinski definition) is 2. The van der Waals surface area contributed by atoms with E-state index >= 15 is 0 Å². The van der Waals surface area contributed by atoms with Crippen LogP contribution in [0.15, 0.2) is 42.6 Å². The maximum atomic E-state index is 12.3. The normalized spacial score (nSPS) is 16.2. The number of rotatable bonds is 5. The third-order valence-corrected chi connectivity index (χ3v) is 4.12. The SMILES string of the molecule is O=C(NCc1ccccn1)N[C@@H]1CCCc2cc(OC(F)F)ccc21. The van der Waals surface area contributed by atoms with Crippen LogP contribution in [0.25, 0.3) is 0 Å². The minimum absolute atomic E-state index is 0.145. The number of nitrogens with one attached hydrogen (secondary N) is 2. The van der Waals surface area contributed by atoms with Gasteiger partial charge in [0.05, 0.1) is 18.3 Å². The number of benzene rings is 1. The van der Waals surface area contributed by atoms with Crippen molar-refractivity contribution in [2.45, 2.75) is 38.5 Å². The fraction of sp³-hybridized carbons (Fsp3) is 0.333. The molecule has 1 heterocycles. The molecule has 0 bridgehead atoms. The summed E-state index contributed by atoms with van der Waals surface area (Å²) >= 11 is 0. The van der Waals surface area contributed by atoms with Gasteiger partial charge in [-0.1, -0.05) is 12.1 Å². The lowest BCUT2D eigenvalue weighted by Gasteiger charge is -2.27. The number of amides is 2. The summed E-state index contributed by atoms with van der Waals surface area (Å²) in [7, 11) is 0. The molecule has 7 heteroatoms. The van der Waals surface area contributed by atoms with Crippen LogP contribution in [0.3, 0.4) is 0 Å². The lowest BCUT2D eigenvalue weighted by molar-refractivity contribution is -0.0499. The summed E-state index contributed by atoms with van der Waals surface area (Å²) in [5.74, 6) is 0.147. The van der Waals surface area contributed by atoms with Crippen molar-refractivity contribution in [2.75, 3.05) is 0 Å². The number of aromatic nitrogens is 1. The molecule has 2 aromatic rings. The van der Waals surface area contributed by atoms with E-state index in [1.54, 1.807) is 18.3 Å². The molecule has 0 radical (unpaired) electrons. The molecular formula is C18H19F2N3O2. The number of alkyl halides is 2. The fourth-order valence-electron chi connectivity index (χ4n) is 3.00. The second kappa shape index (κ2) is 7.92. The lowest BCUT2D eigenvalue weighted by Crippen LogP contribution is -2.38. The number of carbonyl (C=O) groups excluding carboxylic acids is 1. The van der Waals surface area contributed by atoms with Gasteiger partial charge in [-0.05, 0) is 54.7 Å². The Kier molecular flexibility index (Phi) is 5.42. The molecule has 5 nitrogen and oxygen atoms in total. The Labute approximate surface area is 144 Å². The molecule has 1 aromatic heterocycles. The van der Waals surface area contributed by atoms with Gasteiger partial charge >= 0.3 is 12.6 Å². The summed E-state index contributed by atoms with van der Waals surface area (Å²) in [6, 6.07) is 9.96. The first kappa shape index (κ1) is 17.1. The van der Waals surface area contributed by atoms with E-state index < -0.39 is 6.61 Å². The number of nitrogens with zero attached hydrogens (tertiary/aromatic N) is 1. The number of pyridine rings is 1. The predicted molar refractivity (Wildman–Crippen MR) is 88.4 cm³/mol. The van der Waals surface area contributed by atoms with Crippen molar-refractivity contribution in [3.63, 3.8) is 0 Å². The van der Waals surface area contributed by atoms with Gasteiger partial charge in [0.1, 0.15) is 5.75 Å². The van der Waals surface area contributed by atoms with Crippen molar-refractivity contribution < 1.29 is 18.3 Å². The van der Waals surface area contributed by atoms with E-state index in [0.29, 0.717) is 6.54 Å². The highest BCUT2D eigenvalue weighted by atomic mass is 19.3. The summed E-state index contributed by atoms with van der Waals surface area (Å²) in [6.45, 7) is -2.50. The Balaban J connectivity index is 1.61. The average Bonchev–Trinajstić information content (AvgIpc) is 2.60. The van der Waals surface area contributed by atoms with Crippen molar-refractivity contribution in [1.82, 2.24) is 15.6 Å². The maximum Gasteiger partial charge on any atom is 0.387 e. The van der Waals surface area contributed by atoms with E-state index in [1.165, 1.54) is 6.07 Å². The van der Waals surface area contributed by atoms with Crippen LogP contribution >= 0.6 is 0 Å². The molecule has 0 saturated carbocycles. The number of ether oxygens (including phenoxy) is 1. The zero-order valence-corrected chi connectivity index (χ0v) is 13.5. The third kappa shape index (κ3) is 4.65. The molecule has 1 atom stereocenters. The molecule has 1 aromatic carbocycles. The summed E-state index contributed by atoms with van der Waals surface area (Å²) in [6.07, 6.45) is 4.13. The molecule has 0 fully saturated rings. The summed E-state index contributed by atoms with van der Waals surface area (Å²) in [5.41, 5.74) is 2.65. The molecule has 132 valence electrons. The van der Waals surface area contributed by atoms with Gasteiger partial charge in [0.2, 0.25) is 0 Å². The van der Waals surface area contributed by atoms with Gasteiger partial charge in [-0.3, -0.25) is 4.98 Å². The van der Waals surface area contributed by atoms with Crippen molar-refractivity contribution in [3.8, 4) is 5.75 Å². The number of halogens is 2. The van der Waals surface area contributed by atoms with E-state index in [-0.39, 0.29) is 17.8 Å². The second-order valence-electron chi connectivity index (χ2n) is 5.83. The third-order valence-electron chi connectivity index (χ3n) is 4.12. The first-order valence-corrected chi connectivity index (χ1v) is 8.14. The zero-order valence-electron chi connectivity index (χ0n) is 13.5. The fourth-order valence-corrected chi connectivity index (χ4v) is 3.00. The van der Waals surface area contributed by atoms with E-state index in [0.717, 1.165) is 36.1 Å². The summed E-state index contributed by atoms with van der Waals surface area (Å²) in [4.78, 5) is 16.3. The smallest absolute Gasteiger partial charge is 0.387 e. The van der Waals surface area contributed by atoms with E-state index in [2.05, 4.69) is 20.4 Å². The minimum atomic E-state index is -2.84. The van der Waals surface area contributed by atoms with Gasteiger partial charge in [0.25, 0.3) is 0 Å². The maximum absolute atomic E-state index is 12.3. The number of urea groups is 1. The Hall–Kier alpha value is -2.70. The van der Waals surface area contributed by atoms with Crippen molar-refractivity contribution >= 4 is 6.03 Å². The molecule has 25 heavy (non-hydrogen) atoms. The molecule has 0 saturated heterocycles. The lowest BCUT2D eigenvalue weighted by atomic mass is 9.87. The van der Waals surface area contributed by atoms with Gasteiger partial charge < -0.3 is 15.4 Å². The minimum Gasteiger partial charge on any atom is -0.435 e. The van der Waals surface area contributed by atoms with Gasteiger partial charge in [-0.15, -0.1) is 0 Å².